The molecule has 3 aromatic carbocycles. The smallest absolute Gasteiger partial charge is 0.341 e. The van der Waals surface area contributed by atoms with E-state index in [-0.39, 0.29) is 12.2 Å². The SMILES string of the molecule is CCOC(=O)c1cc(-c2ccccc2)sc1NC(=O)c1ccc(N2C(=O)c3ccccc3C2=O)cc1. The third kappa shape index (κ3) is 4.18. The standard InChI is InChI=1S/C28H20N2O5S/c1-2-35-28(34)22-16-23(17-8-4-3-5-9-17)36-25(22)29-24(31)18-12-14-19(15-13-18)30-26(32)20-10-6-7-11-21(20)27(30)33/h3-16H,2H2,1H3,(H,29,31). The minimum atomic E-state index is -0.521. The van der Waals surface area contributed by atoms with Crippen molar-refractivity contribution in [3.8, 4) is 10.4 Å². The van der Waals surface area contributed by atoms with Crippen molar-refractivity contribution in [1.29, 1.82) is 0 Å². The highest BCUT2D eigenvalue weighted by Gasteiger charge is 2.36. The number of nitrogens with one attached hydrogen (secondary N) is 1. The summed E-state index contributed by atoms with van der Waals surface area (Å²) in [5.41, 5.74) is 2.56. The number of hydrogen-bond donors (Lipinski definition) is 1. The Bertz CT molecular complexity index is 1460. The summed E-state index contributed by atoms with van der Waals surface area (Å²) in [6.07, 6.45) is 0. The van der Waals surface area contributed by atoms with Crippen LogP contribution in [0.25, 0.3) is 10.4 Å². The van der Waals surface area contributed by atoms with Crippen molar-refractivity contribution in [3.63, 3.8) is 0 Å². The fourth-order valence-corrected chi connectivity index (χ4v) is 5.00. The van der Waals surface area contributed by atoms with Crippen molar-refractivity contribution < 1.29 is 23.9 Å². The normalized spacial score (nSPS) is 12.4. The molecular formula is C28H20N2O5S. The molecule has 5 rings (SSSR count). The van der Waals surface area contributed by atoms with Crippen LogP contribution in [-0.4, -0.2) is 30.3 Å². The van der Waals surface area contributed by atoms with Gasteiger partial charge in [0.15, 0.2) is 0 Å². The largest absolute Gasteiger partial charge is 0.462 e. The predicted molar refractivity (Wildman–Crippen MR) is 138 cm³/mol. The van der Waals surface area contributed by atoms with Crippen LogP contribution in [0.5, 0.6) is 0 Å². The van der Waals surface area contributed by atoms with Crippen LogP contribution in [0, 0.1) is 0 Å². The van der Waals surface area contributed by atoms with Crippen LogP contribution >= 0.6 is 11.3 Å². The number of hydrogen-bond acceptors (Lipinski definition) is 6. The Labute approximate surface area is 210 Å². The minimum absolute atomic E-state index is 0.210. The lowest BCUT2D eigenvalue weighted by Crippen LogP contribution is -2.29. The third-order valence-corrected chi connectivity index (χ3v) is 6.79. The highest BCUT2D eigenvalue weighted by molar-refractivity contribution is 7.20. The molecule has 36 heavy (non-hydrogen) atoms. The highest BCUT2D eigenvalue weighted by atomic mass is 32.1. The van der Waals surface area contributed by atoms with E-state index >= 15 is 0 Å². The summed E-state index contributed by atoms with van der Waals surface area (Å²) in [4.78, 5) is 52.9. The van der Waals surface area contributed by atoms with Crippen LogP contribution in [-0.2, 0) is 4.74 Å². The predicted octanol–water partition coefficient (Wildman–Crippen LogP) is 5.64. The van der Waals surface area contributed by atoms with Gasteiger partial charge in [-0.2, -0.15) is 0 Å². The van der Waals surface area contributed by atoms with Gasteiger partial charge in [0.05, 0.1) is 29.0 Å². The molecule has 0 saturated heterocycles. The number of ether oxygens (including phenoxy) is 1. The minimum Gasteiger partial charge on any atom is -0.462 e. The van der Waals surface area contributed by atoms with Gasteiger partial charge in [0.1, 0.15) is 5.00 Å². The average Bonchev–Trinajstić information content (AvgIpc) is 3.44. The molecule has 0 bridgehead atoms. The molecule has 0 atom stereocenters. The summed E-state index contributed by atoms with van der Waals surface area (Å²) in [6, 6.07) is 24.0. The summed E-state index contributed by atoms with van der Waals surface area (Å²) in [5.74, 6) is -1.76. The van der Waals surface area contributed by atoms with Gasteiger partial charge in [-0.3, -0.25) is 14.4 Å². The quantitative estimate of drug-likeness (QED) is 0.275. The van der Waals surface area contributed by atoms with Gasteiger partial charge in [-0.15, -0.1) is 11.3 Å². The maximum atomic E-state index is 13.0. The molecule has 3 amide bonds. The van der Waals surface area contributed by atoms with Crippen LogP contribution in [0.3, 0.4) is 0 Å². The number of anilines is 2. The summed E-state index contributed by atoms with van der Waals surface area (Å²) in [5, 5.41) is 3.18. The summed E-state index contributed by atoms with van der Waals surface area (Å²) in [7, 11) is 0. The van der Waals surface area contributed by atoms with Crippen molar-refractivity contribution in [2.45, 2.75) is 6.92 Å². The number of imide groups is 1. The number of carbonyl (C=O) groups excluding carboxylic acids is 4. The molecular weight excluding hydrogens is 476 g/mol. The summed E-state index contributed by atoms with van der Waals surface area (Å²) < 4.78 is 5.17. The number of benzene rings is 3. The topological polar surface area (TPSA) is 92.8 Å². The monoisotopic (exact) mass is 496 g/mol. The summed E-state index contributed by atoms with van der Waals surface area (Å²) in [6.45, 7) is 1.93. The molecule has 8 heteroatoms. The lowest BCUT2D eigenvalue weighted by atomic mass is 10.1. The second-order valence-electron chi connectivity index (χ2n) is 7.93. The number of amides is 3. The first-order valence-electron chi connectivity index (χ1n) is 11.2. The Morgan fingerprint density at radius 2 is 1.47 bits per heavy atom. The Morgan fingerprint density at radius 1 is 0.861 bits per heavy atom. The van der Waals surface area contributed by atoms with E-state index in [4.69, 9.17) is 4.74 Å². The zero-order valence-corrected chi connectivity index (χ0v) is 20.0. The van der Waals surface area contributed by atoms with Crippen molar-refractivity contribution in [3.05, 3.63) is 107 Å². The van der Waals surface area contributed by atoms with Gasteiger partial charge in [-0.1, -0.05) is 42.5 Å². The number of esters is 1. The fourth-order valence-electron chi connectivity index (χ4n) is 3.95. The summed E-state index contributed by atoms with van der Waals surface area (Å²) >= 11 is 1.28. The Morgan fingerprint density at radius 3 is 2.08 bits per heavy atom. The van der Waals surface area contributed by atoms with Crippen molar-refractivity contribution >= 4 is 45.7 Å². The van der Waals surface area contributed by atoms with Crippen LogP contribution < -0.4 is 10.2 Å². The van der Waals surface area contributed by atoms with E-state index in [2.05, 4.69) is 5.32 Å². The van der Waals surface area contributed by atoms with Gasteiger partial charge in [0, 0.05) is 10.4 Å². The molecule has 1 aliphatic heterocycles. The van der Waals surface area contributed by atoms with Gasteiger partial charge < -0.3 is 10.1 Å². The van der Waals surface area contributed by atoms with Crippen molar-refractivity contribution in [2.24, 2.45) is 0 Å². The van der Waals surface area contributed by atoms with E-state index in [0.717, 1.165) is 15.3 Å². The molecule has 4 aromatic rings. The zero-order valence-electron chi connectivity index (χ0n) is 19.2. The molecule has 0 unspecified atom stereocenters. The van der Waals surface area contributed by atoms with Crippen LogP contribution in [0.4, 0.5) is 10.7 Å². The van der Waals surface area contributed by atoms with Gasteiger partial charge >= 0.3 is 5.97 Å². The fraction of sp³-hybridized carbons (Fsp3) is 0.0714. The number of rotatable bonds is 6. The maximum Gasteiger partial charge on any atom is 0.341 e. The Hall–Kier alpha value is -4.56. The first-order valence-corrected chi connectivity index (χ1v) is 12.0. The number of thiophene rings is 1. The van der Waals surface area contributed by atoms with Crippen molar-refractivity contribution in [2.75, 3.05) is 16.8 Å². The zero-order chi connectivity index (χ0) is 25.2. The van der Waals surface area contributed by atoms with E-state index < -0.39 is 23.7 Å². The first-order chi connectivity index (χ1) is 17.5. The Balaban J connectivity index is 1.39. The molecule has 0 spiro atoms. The molecule has 1 aliphatic rings. The number of fused-ring (bicyclic) bond motifs is 1. The van der Waals surface area contributed by atoms with Gasteiger partial charge in [-0.25, -0.2) is 9.69 Å². The second-order valence-corrected chi connectivity index (χ2v) is 8.98. The molecule has 0 radical (unpaired) electrons. The van der Waals surface area contributed by atoms with Gasteiger partial charge in [0.25, 0.3) is 17.7 Å². The molecule has 178 valence electrons. The Kier molecular flexibility index (Phi) is 6.18. The molecule has 0 aliphatic carbocycles. The number of nitrogens with zero attached hydrogens (tertiary/aromatic N) is 1. The first kappa shape index (κ1) is 23.2. The maximum absolute atomic E-state index is 13.0. The lowest BCUT2D eigenvalue weighted by molar-refractivity contribution is 0.0528. The molecule has 7 nitrogen and oxygen atoms in total. The van der Waals surface area contributed by atoms with Gasteiger partial charge in [-0.05, 0) is 55.0 Å². The van der Waals surface area contributed by atoms with E-state index in [1.165, 1.54) is 23.5 Å². The molecule has 0 fully saturated rings. The van der Waals surface area contributed by atoms with E-state index in [9.17, 15) is 19.2 Å². The highest BCUT2D eigenvalue weighted by Crippen LogP contribution is 2.36. The van der Waals surface area contributed by atoms with Crippen molar-refractivity contribution in [1.82, 2.24) is 0 Å². The van der Waals surface area contributed by atoms with Crippen LogP contribution in [0.15, 0.2) is 84.9 Å². The molecule has 1 aromatic heterocycles. The van der Waals surface area contributed by atoms with E-state index in [1.54, 1.807) is 49.4 Å². The van der Waals surface area contributed by atoms with Gasteiger partial charge in [0.2, 0.25) is 0 Å². The average molecular weight is 497 g/mol. The lowest BCUT2D eigenvalue weighted by Gasteiger charge is -2.14. The molecule has 2 heterocycles. The van der Waals surface area contributed by atoms with Crippen LogP contribution in [0.2, 0.25) is 0 Å². The second kappa shape index (κ2) is 9.59. The van der Waals surface area contributed by atoms with E-state index in [0.29, 0.717) is 27.4 Å². The van der Waals surface area contributed by atoms with Crippen LogP contribution in [0.1, 0.15) is 48.4 Å². The number of carbonyl (C=O) groups is 4. The van der Waals surface area contributed by atoms with E-state index in [1.807, 2.05) is 30.3 Å². The molecule has 0 saturated carbocycles. The molecule has 1 N–H and O–H groups in total. The third-order valence-electron chi connectivity index (χ3n) is 5.69.